The van der Waals surface area contributed by atoms with Crippen molar-refractivity contribution >= 4 is 27.3 Å². The smallest absolute Gasteiger partial charge is 0.252 e. The maximum absolute atomic E-state index is 12.1. The average Bonchev–Trinajstić information content (AvgIpc) is 2.66. The summed E-state index contributed by atoms with van der Waals surface area (Å²) in [5.41, 5.74) is -0.370. The molecule has 7 heteroatoms. The van der Waals surface area contributed by atoms with Crippen molar-refractivity contribution in [1.29, 1.82) is 0 Å². The number of thiophene rings is 1. The van der Waals surface area contributed by atoms with E-state index in [4.69, 9.17) is 0 Å². The molecule has 0 aromatic carbocycles. The SMILES string of the molecule is CN(CC(=O)NC(C)(C)C)S(=O)(=O)c1cccs1. The fourth-order valence-electron chi connectivity index (χ4n) is 1.31. The van der Waals surface area contributed by atoms with E-state index in [1.165, 1.54) is 13.1 Å². The van der Waals surface area contributed by atoms with Gasteiger partial charge in [0.15, 0.2) is 0 Å². The molecule has 1 aromatic rings. The van der Waals surface area contributed by atoms with Crippen LogP contribution in [0.25, 0.3) is 0 Å². The third kappa shape index (κ3) is 4.08. The molecule has 1 rings (SSSR count). The Balaban J connectivity index is 2.72. The molecule has 0 fully saturated rings. The van der Waals surface area contributed by atoms with Gasteiger partial charge in [0.1, 0.15) is 4.21 Å². The van der Waals surface area contributed by atoms with Gasteiger partial charge in [0.05, 0.1) is 6.54 Å². The summed E-state index contributed by atoms with van der Waals surface area (Å²) in [5.74, 6) is -0.315. The Labute approximate surface area is 112 Å². The zero-order valence-corrected chi connectivity index (χ0v) is 12.6. The van der Waals surface area contributed by atoms with Gasteiger partial charge in [0.2, 0.25) is 5.91 Å². The monoisotopic (exact) mass is 290 g/mol. The highest BCUT2D eigenvalue weighted by Gasteiger charge is 2.25. The van der Waals surface area contributed by atoms with Crippen LogP contribution < -0.4 is 5.32 Å². The fraction of sp³-hybridized carbons (Fsp3) is 0.545. The quantitative estimate of drug-likeness (QED) is 0.908. The first-order valence-corrected chi connectivity index (χ1v) is 7.76. The van der Waals surface area contributed by atoms with E-state index >= 15 is 0 Å². The minimum atomic E-state index is -3.56. The lowest BCUT2D eigenvalue weighted by Gasteiger charge is -2.22. The number of sulfonamides is 1. The molecule has 0 unspecified atom stereocenters. The van der Waals surface area contributed by atoms with Gasteiger partial charge in [-0.25, -0.2) is 8.42 Å². The number of hydrogen-bond donors (Lipinski definition) is 1. The van der Waals surface area contributed by atoms with Crippen LogP contribution in [0, 0.1) is 0 Å². The standard InChI is InChI=1S/C11H18N2O3S2/c1-11(2,3)12-9(14)8-13(4)18(15,16)10-6-5-7-17-10/h5-7H,8H2,1-4H3,(H,12,14). The average molecular weight is 290 g/mol. The first-order valence-electron chi connectivity index (χ1n) is 5.44. The van der Waals surface area contributed by atoms with Crippen molar-refractivity contribution in [3.8, 4) is 0 Å². The van der Waals surface area contributed by atoms with Crippen LogP contribution in [0.3, 0.4) is 0 Å². The van der Waals surface area contributed by atoms with E-state index < -0.39 is 10.0 Å². The van der Waals surface area contributed by atoms with Crippen molar-refractivity contribution in [2.75, 3.05) is 13.6 Å². The minimum absolute atomic E-state index is 0.183. The van der Waals surface area contributed by atoms with Crippen LogP contribution in [-0.4, -0.2) is 37.8 Å². The van der Waals surface area contributed by atoms with E-state index in [9.17, 15) is 13.2 Å². The molecule has 102 valence electrons. The number of nitrogens with zero attached hydrogens (tertiary/aromatic N) is 1. The third-order valence-corrected chi connectivity index (χ3v) is 5.22. The zero-order valence-electron chi connectivity index (χ0n) is 10.9. The number of nitrogens with one attached hydrogen (secondary N) is 1. The van der Waals surface area contributed by atoms with Crippen molar-refractivity contribution in [2.24, 2.45) is 0 Å². The normalized spacial score (nSPS) is 12.7. The van der Waals surface area contributed by atoms with Gasteiger partial charge in [-0.1, -0.05) is 6.07 Å². The van der Waals surface area contributed by atoms with Crippen LogP contribution in [0.15, 0.2) is 21.7 Å². The van der Waals surface area contributed by atoms with Crippen LogP contribution in [0.2, 0.25) is 0 Å². The molecular weight excluding hydrogens is 272 g/mol. The molecule has 0 aliphatic rings. The Bertz CT molecular complexity index is 501. The summed E-state index contributed by atoms with van der Waals surface area (Å²) < 4.78 is 25.4. The van der Waals surface area contributed by atoms with Crippen molar-refractivity contribution in [3.63, 3.8) is 0 Å². The van der Waals surface area contributed by atoms with Gasteiger partial charge in [0.25, 0.3) is 10.0 Å². The molecule has 0 radical (unpaired) electrons. The number of carbonyl (C=O) groups excluding carboxylic acids is 1. The van der Waals surface area contributed by atoms with Gasteiger partial charge >= 0.3 is 0 Å². The van der Waals surface area contributed by atoms with Crippen molar-refractivity contribution < 1.29 is 13.2 Å². The Morgan fingerprint density at radius 3 is 2.50 bits per heavy atom. The molecule has 1 N–H and O–H groups in total. The predicted octanol–water partition coefficient (Wildman–Crippen LogP) is 1.28. The van der Waals surface area contributed by atoms with E-state index in [0.29, 0.717) is 0 Å². The molecule has 0 atom stereocenters. The summed E-state index contributed by atoms with van der Waals surface area (Å²) in [7, 11) is -2.16. The Kier molecular flexibility index (Phi) is 4.52. The minimum Gasteiger partial charge on any atom is -0.350 e. The van der Waals surface area contributed by atoms with Crippen molar-refractivity contribution in [1.82, 2.24) is 9.62 Å². The molecule has 0 saturated heterocycles. The molecule has 0 aliphatic carbocycles. The second-order valence-electron chi connectivity index (χ2n) is 4.99. The molecule has 0 spiro atoms. The van der Waals surface area contributed by atoms with Crippen molar-refractivity contribution in [3.05, 3.63) is 17.5 Å². The summed E-state index contributed by atoms with van der Waals surface area (Å²) >= 11 is 1.14. The summed E-state index contributed by atoms with van der Waals surface area (Å²) in [6.45, 7) is 5.35. The highest BCUT2D eigenvalue weighted by Crippen LogP contribution is 2.19. The van der Waals surface area contributed by atoms with Gasteiger partial charge in [0, 0.05) is 12.6 Å². The van der Waals surface area contributed by atoms with Gasteiger partial charge in [-0.2, -0.15) is 4.31 Å². The van der Waals surface area contributed by atoms with Crippen LogP contribution >= 0.6 is 11.3 Å². The van der Waals surface area contributed by atoms with Crippen LogP contribution in [0.1, 0.15) is 20.8 Å². The molecule has 5 nitrogen and oxygen atoms in total. The number of likely N-dealkylation sites (N-methyl/N-ethyl adjacent to an activating group) is 1. The van der Waals surface area contributed by atoms with E-state index in [1.54, 1.807) is 11.4 Å². The highest BCUT2D eigenvalue weighted by atomic mass is 32.2. The summed E-state index contributed by atoms with van der Waals surface area (Å²) in [6, 6.07) is 3.19. The Morgan fingerprint density at radius 1 is 1.44 bits per heavy atom. The van der Waals surface area contributed by atoms with Crippen LogP contribution in [-0.2, 0) is 14.8 Å². The first-order chi connectivity index (χ1) is 8.13. The van der Waals surface area contributed by atoms with E-state index in [-0.39, 0.29) is 22.2 Å². The predicted molar refractivity (Wildman–Crippen MR) is 72.0 cm³/mol. The molecule has 1 aromatic heterocycles. The van der Waals surface area contributed by atoms with E-state index in [1.807, 2.05) is 20.8 Å². The zero-order chi connectivity index (χ0) is 14.0. The fourth-order valence-corrected chi connectivity index (χ4v) is 3.64. The molecule has 1 heterocycles. The van der Waals surface area contributed by atoms with Gasteiger partial charge in [-0.3, -0.25) is 4.79 Å². The lowest BCUT2D eigenvalue weighted by Crippen LogP contribution is -2.46. The maximum atomic E-state index is 12.1. The van der Waals surface area contributed by atoms with Gasteiger partial charge in [-0.05, 0) is 32.2 Å². The van der Waals surface area contributed by atoms with Crippen LogP contribution in [0.5, 0.6) is 0 Å². The topological polar surface area (TPSA) is 66.5 Å². The number of amides is 1. The van der Waals surface area contributed by atoms with Gasteiger partial charge in [-0.15, -0.1) is 11.3 Å². The number of carbonyl (C=O) groups is 1. The second kappa shape index (κ2) is 5.38. The Hall–Kier alpha value is -0.920. The Morgan fingerprint density at radius 2 is 2.06 bits per heavy atom. The van der Waals surface area contributed by atoms with E-state index in [0.717, 1.165) is 15.6 Å². The number of hydrogen-bond acceptors (Lipinski definition) is 4. The van der Waals surface area contributed by atoms with Crippen LogP contribution in [0.4, 0.5) is 0 Å². The lowest BCUT2D eigenvalue weighted by atomic mass is 10.1. The molecule has 1 amide bonds. The molecular formula is C11H18N2O3S2. The largest absolute Gasteiger partial charge is 0.350 e. The molecule has 0 aliphatic heterocycles. The summed E-state index contributed by atoms with van der Waals surface area (Å²) in [4.78, 5) is 11.7. The van der Waals surface area contributed by atoms with Crippen molar-refractivity contribution in [2.45, 2.75) is 30.5 Å². The summed E-state index contributed by atoms with van der Waals surface area (Å²) in [6.07, 6.45) is 0. The van der Waals surface area contributed by atoms with E-state index in [2.05, 4.69) is 5.32 Å². The maximum Gasteiger partial charge on any atom is 0.252 e. The summed E-state index contributed by atoms with van der Waals surface area (Å²) in [5, 5.41) is 4.42. The third-order valence-electron chi connectivity index (χ3n) is 2.04. The number of rotatable bonds is 4. The molecule has 18 heavy (non-hydrogen) atoms. The van der Waals surface area contributed by atoms with Gasteiger partial charge < -0.3 is 5.32 Å². The first kappa shape index (κ1) is 15.1. The lowest BCUT2D eigenvalue weighted by molar-refractivity contribution is -0.122. The second-order valence-corrected chi connectivity index (χ2v) is 8.21. The highest BCUT2D eigenvalue weighted by molar-refractivity contribution is 7.91. The molecule has 0 saturated carbocycles. The molecule has 0 bridgehead atoms.